The van der Waals surface area contributed by atoms with Crippen molar-refractivity contribution in [1.82, 2.24) is 0 Å². The average Bonchev–Trinajstić information content (AvgIpc) is 2.79. The number of carbonyl (C=O) groups is 2. The van der Waals surface area contributed by atoms with Crippen molar-refractivity contribution in [3.8, 4) is 0 Å². The summed E-state index contributed by atoms with van der Waals surface area (Å²) in [6, 6.07) is 27.9. The average molecular weight is 398 g/mol. The molecule has 0 spiro atoms. The van der Waals surface area contributed by atoms with Crippen LogP contribution in [0.4, 0.5) is 0 Å². The third-order valence-corrected chi connectivity index (χ3v) is 4.96. The first-order chi connectivity index (χ1) is 14.7. The van der Waals surface area contributed by atoms with E-state index in [0.29, 0.717) is 0 Å². The van der Waals surface area contributed by atoms with Gasteiger partial charge >= 0.3 is 11.9 Å². The lowest BCUT2D eigenvalue weighted by Gasteiger charge is -2.08. The largest absolute Gasteiger partial charge is 0.461 e. The second-order valence-corrected chi connectivity index (χ2v) is 7.18. The van der Waals surface area contributed by atoms with E-state index in [0.717, 1.165) is 32.7 Å². The van der Waals surface area contributed by atoms with Crippen LogP contribution in [0.2, 0.25) is 0 Å². The Balaban J connectivity index is 1.21. The predicted molar refractivity (Wildman–Crippen MR) is 117 cm³/mol. The molecule has 0 atom stereocenters. The third-order valence-electron chi connectivity index (χ3n) is 4.96. The van der Waals surface area contributed by atoms with E-state index in [-0.39, 0.29) is 26.1 Å². The number of ether oxygens (including phenoxy) is 2. The topological polar surface area (TPSA) is 52.6 Å². The van der Waals surface area contributed by atoms with Crippen LogP contribution in [0.25, 0.3) is 21.5 Å². The first-order valence-electron chi connectivity index (χ1n) is 9.94. The van der Waals surface area contributed by atoms with Crippen molar-refractivity contribution in [2.45, 2.75) is 26.1 Å². The van der Waals surface area contributed by atoms with E-state index in [1.165, 1.54) is 0 Å². The fourth-order valence-corrected chi connectivity index (χ4v) is 3.33. The molecule has 0 heterocycles. The molecule has 30 heavy (non-hydrogen) atoms. The molecule has 150 valence electrons. The monoisotopic (exact) mass is 398 g/mol. The standard InChI is InChI=1S/C26H22O4/c27-25(29-17-19-9-11-21-5-1-3-7-23(21)15-19)13-14-26(28)30-18-20-10-12-22-6-2-4-8-24(22)16-20/h1-12,15-16H,13-14,17-18H2. The van der Waals surface area contributed by atoms with Crippen LogP contribution in [0.3, 0.4) is 0 Å². The maximum Gasteiger partial charge on any atom is 0.306 e. The van der Waals surface area contributed by atoms with Crippen LogP contribution in [0, 0.1) is 0 Å². The summed E-state index contributed by atoms with van der Waals surface area (Å²) in [5, 5.41) is 4.48. The summed E-state index contributed by atoms with van der Waals surface area (Å²) >= 11 is 0. The van der Waals surface area contributed by atoms with Crippen molar-refractivity contribution in [3.63, 3.8) is 0 Å². The molecule has 4 rings (SSSR count). The predicted octanol–water partition coefficient (Wildman–Crippen LogP) is 5.56. The summed E-state index contributed by atoms with van der Waals surface area (Å²) in [6.07, 6.45) is 0.00820. The van der Waals surface area contributed by atoms with Crippen LogP contribution in [-0.4, -0.2) is 11.9 Å². The molecular formula is C26H22O4. The Morgan fingerprint density at radius 2 is 0.933 bits per heavy atom. The Morgan fingerprint density at radius 3 is 1.37 bits per heavy atom. The van der Waals surface area contributed by atoms with E-state index in [9.17, 15) is 9.59 Å². The molecule has 0 unspecified atom stereocenters. The molecule has 0 N–H and O–H groups in total. The van der Waals surface area contributed by atoms with Crippen LogP contribution < -0.4 is 0 Å². The smallest absolute Gasteiger partial charge is 0.306 e. The van der Waals surface area contributed by atoms with E-state index >= 15 is 0 Å². The van der Waals surface area contributed by atoms with Gasteiger partial charge < -0.3 is 9.47 Å². The highest BCUT2D eigenvalue weighted by Gasteiger charge is 2.10. The molecule has 4 aromatic rings. The van der Waals surface area contributed by atoms with Crippen LogP contribution in [0.1, 0.15) is 24.0 Å². The van der Waals surface area contributed by atoms with E-state index in [1.54, 1.807) is 0 Å². The van der Waals surface area contributed by atoms with Crippen LogP contribution in [0.15, 0.2) is 84.9 Å². The number of fused-ring (bicyclic) bond motifs is 2. The highest BCUT2D eigenvalue weighted by Crippen LogP contribution is 2.17. The minimum Gasteiger partial charge on any atom is -0.461 e. The number of esters is 2. The number of benzene rings is 4. The lowest BCUT2D eigenvalue weighted by Crippen LogP contribution is -2.10. The fraction of sp³-hybridized carbons (Fsp3) is 0.154. The molecule has 4 nitrogen and oxygen atoms in total. The van der Waals surface area contributed by atoms with Gasteiger partial charge in [-0.1, -0.05) is 72.8 Å². The van der Waals surface area contributed by atoms with E-state index < -0.39 is 11.9 Å². The Bertz CT molecular complexity index is 1100. The molecule has 0 aliphatic rings. The molecule has 0 aromatic heterocycles. The number of hydrogen-bond donors (Lipinski definition) is 0. The van der Waals surface area contributed by atoms with Crippen molar-refractivity contribution in [3.05, 3.63) is 96.1 Å². The molecule has 0 aliphatic carbocycles. The molecule has 0 fully saturated rings. The number of rotatable bonds is 7. The zero-order chi connectivity index (χ0) is 20.8. The van der Waals surface area contributed by atoms with Gasteiger partial charge in [-0.2, -0.15) is 0 Å². The molecule has 0 bridgehead atoms. The SMILES string of the molecule is O=C(CCC(=O)OCc1ccc2ccccc2c1)OCc1ccc2ccccc2c1. The van der Waals surface area contributed by atoms with Gasteiger partial charge in [-0.15, -0.1) is 0 Å². The van der Waals surface area contributed by atoms with Gasteiger partial charge in [0, 0.05) is 0 Å². The molecule has 4 aromatic carbocycles. The third kappa shape index (κ3) is 5.03. The molecule has 0 saturated heterocycles. The van der Waals surface area contributed by atoms with Gasteiger partial charge in [-0.05, 0) is 44.8 Å². The summed E-state index contributed by atoms with van der Waals surface area (Å²) < 4.78 is 10.6. The summed E-state index contributed by atoms with van der Waals surface area (Å²) in [7, 11) is 0. The van der Waals surface area contributed by atoms with Gasteiger partial charge in [0.05, 0.1) is 12.8 Å². The van der Waals surface area contributed by atoms with Crippen molar-refractivity contribution in [2.24, 2.45) is 0 Å². The Hall–Kier alpha value is -3.66. The first kappa shape index (κ1) is 19.6. The highest BCUT2D eigenvalue weighted by atomic mass is 16.5. The molecule has 0 saturated carbocycles. The minimum atomic E-state index is -0.411. The number of hydrogen-bond acceptors (Lipinski definition) is 4. The van der Waals surface area contributed by atoms with Crippen molar-refractivity contribution in [1.29, 1.82) is 0 Å². The summed E-state index contributed by atoms with van der Waals surface area (Å²) in [4.78, 5) is 24.0. The Kier molecular flexibility index (Phi) is 6.04. The van der Waals surface area contributed by atoms with Gasteiger partial charge in [0.15, 0.2) is 0 Å². The second kappa shape index (κ2) is 9.23. The zero-order valence-corrected chi connectivity index (χ0v) is 16.5. The fourth-order valence-electron chi connectivity index (χ4n) is 3.33. The van der Waals surface area contributed by atoms with Gasteiger partial charge in [-0.25, -0.2) is 0 Å². The molecule has 0 radical (unpaired) electrons. The van der Waals surface area contributed by atoms with Crippen molar-refractivity contribution in [2.75, 3.05) is 0 Å². The Labute approximate surface area is 175 Å². The summed E-state index contributed by atoms with van der Waals surface area (Å²) in [6.45, 7) is 0.381. The van der Waals surface area contributed by atoms with Crippen LogP contribution >= 0.6 is 0 Å². The normalized spacial score (nSPS) is 10.8. The summed E-state index contributed by atoms with van der Waals surface area (Å²) in [5.74, 6) is -0.823. The first-order valence-corrected chi connectivity index (χ1v) is 9.94. The maximum atomic E-state index is 12.0. The number of carbonyl (C=O) groups excluding carboxylic acids is 2. The molecule has 0 amide bonds. The molecule has 4 heteroatoms. The van der Waals surface area contributed by atoms with Gasteiger partial charge in [0.1, 0.15) is 13.2 Å². The minimum absolute atomic E-state index is 0.00410. The van der Waals surface area contributed by atoms with Crippen LogP contribution in [-0.2, 0) is 32.3 Å². The van der Waals surface area contributed by atoms with E-state index in [2.05, 4.69) is 0 Å². The quantitative estimate of drug-likeness (QED) is 0.383. The van der Waals surface area contributed by atoms with E-state index in [4.69, 9.17) is 9.47 Å². The molecule has 0 aliphatic heterocycles. The van der Waals surface area contributed by atoms with E-state index in [1.807, 2.05) is 84.9 Å². The van der Waals surface area contributed by atoms with Gasteiger partial charge in [-0.3, -0.25) is 9.59 Å². The van der Waals surface area contributed by atoms with Gasteiger partial charge in [0.2, 0.25) is 0 Å². The zero-order valence-electron chi connectivity index (χ0n) is 16.5. The second-order valence-electron chi connectivity index (χ2n) is 7.18. The molecular weight excluding hydrogens is 376 g/mol. The maximum absolute atomic E-state index is 12.0. The Morgan fingerprint density at radius 1 is 0.533 bits per heavy atom. The lowest BCUT2D eigenvalue weighted by atomic mass is 10.1. The van der Waals surface area contributed by atoms with Gasteiger partial charge in [0.25, 0.3) is 0 Å². The lowest BCUT2D eigenvalue weighted by molar-refractivity contribution is -0.151. The van der Waals surface area contributed by atoms with Crippen molar-refractivity contribution < 1.29 is 19.1 Å². The van der Waals surface area contributed by atoms with Crippen molar-refractivity contribution >= 4 is 33.5 Å². The highest BCUT2D eigenvalue weighted by molar-refractivity contribution is 5.84. The van der Waals surface area contributed by atoms with Crippen LogP contribution in [0.5, 0.6) is 0 Å². The summed E-state index contributed by atoms with van der Waals surface area (Å²) in [5.41, 5.74) is 1.84.